The summed E-state index contributed by atoms with van der Waals surface area (Å²) in [5.41, 5.74) is -10.3. The molecule has 1 aromatic carbocycles. The Balaban J connectivity index is 4.46. The highest BCUT2D eigenvalue weighted by Gasteiger charge is 2.76. The predicted octanol–water partition coefficient (Wildman–Crippen LogP) is 8.56. The van der Waals surface area contributed by atoms with Gasteiger partial charge in [0.05, 0.1) is 23.3 Å². The molecular formula is C21H21F14N3O2. The normalized spacial score (nSPS) is 14.4. The number of benzene rings is 1. The van der Waals surface area contributed by atoms with Crippen molar-refractivity contribution >= 4 is 11.7 Å². The van der Waals surface area contributed by atoms with Crippen LogP contribution in [-0.4, -0.2) is 53.9 Å². The van der Waals surface area contributed by atoms with Gasteiger partial charge in [-0.2, -0.15) is 61.5 Å². The molecule has 0 aliphatic heterocycles. The topological polar surface area (TPSA) is 54.3 Å². The van der Waals surface area contributed by atoms with Crippen LogP contribution in [0.15, 0.2) is 22.5 Å². The molecule has 0 unspecified atom stereocenters. The lowest BCUT2D eigenvalue weighted by Crippen LogP contribution is -2.51. The number of ether oxygens (including phenoxy) is 1. The fourth-order valence-corrected chi connectivity index (χ4v) is 3.15. The summed E-state index contributed by atoms with van der Waals surface area (Å²) in [4.78, 5) is 12.1. The van der Waals surface area contributed by atoms with Crippen LogP contribution in [0, 0.1) is 0 Å². The molecule has 0 spiro atoms. The van der Waals surface area contributed by atoms with E-state index in [9.17, 15) is 66.3 Å². The van der Waals surface area contributed by atoms with Gasteiger partial charge in [-0.15, -0.1) is 5.11 Å². The van der Waals surface area contributed by atoms with Crippen molar-refractivity contribution in [2.75, 3.05) is 6.61 Å². The molecule has 0 bridgehead atoms. The van der Waals surface area contributed by atoms with Gasteiger partial charge < -0.3 is 4.74 Å². The number of nitrogens with zero attached hydrogens (tertiary/aromatic N) is 3. The Bertz CT molecular complexity index is 1030. The first kappa shape index (κ1) is 35.1. The number of halogens is 14. The lowest BCUT2D eigenvalue weighted by molar-refractivity contribution is -0.360. The minimum Gasteiger partial charge on any atom is -0.462 e. The Morgan fingerprint density at radius 2 is 1.10 bits per heavy atom. The van der Waals surface area contributed by atoms with E-state index in [2.05, 4.69) is 15.1 Å². The van der Waals surface area contributed by atoms with E-state index in [1.54, 1.807) is 0 Å². The Kier molecular flexibility index (Phi) is 9.82. The van der Waals surface area contributed by atoms with Gasteiger partial charge in [-0.1, -0.05) is 5.22 Å². The van der Waals surface area contributed by atoms with Crippen LogP contribution in [0.5, 0.6) is 0 Å². The van der Waals surface area contributed by atoms with Crippen molar-refractivity contribution in [1.29, 1.82) is 0 Å². The largest absolute Gasteiger partial charge is 0.462 e. The zero-order chi connectivity index (χ0) is 31.9. The molecule has 0 radical (unpaired) electrons. The zero-order valence-corrected chi connectivity index (χ0v) is 21.0. The Hall–Kier alpha value is -2.89. The highest BCUT2D eigenvalue weighted by atomic mass is 19.4. The number of carbonyl (C=O) groups is 1. The predicted molar refractivity (Wildman–Crippen MR) is 109 cm³/mol. The standard InChI is InChI=1S/C21H21F14N3O2/c1-6-40-15(39)11-7-12(16(22,23)18(26,27)20(30,31)32)14(36-37-38(9(2)3)10(4)5)13(8-11)17(24,25)19(28,29)21(33,34)35/h7-10H,6H2,1-5H3. The average molecular weight is 613 g/mol. The second kappa shape index (κ2) is 11.2. The van der Waals surface area contributed by atoms with Crippen LogP contribution >= 0.6 is 0 Å². The maximum atomic E-state index is 14.9. The Labute approximate surface area is 217 Å². The molecular weight excluding hydrogens is 592 g/mol. The molecule has 0 aliphatic carbocycles. The first-order valence-corrected chi connectivity index (χ1v) is 10.9. The van der Waals surface area contributed by atoms with Crippen molar-refractivity contribution in [3.63, 3.8) is 0 Å². The van der Waals surface area contributed by atoms with Gasteiger partial charge in [0, 0.05) is 12.1 Å². The molecule has 0 aromatic heterocycles. The molecule has 0 aliphatic rings. The molecule has 19 heteroatoms. The van der Waals surface area contributed by atoms with E-state index in [0.717, 1.165) is 11.9 Å². The van der Waals surface area contributed by atoms with Crippen molar-refractivity contribution in [2.45, 2.75) is 82.7 Å². The summed E-state index contributed by atoms with van der Waals surface area (Å²) in [6.07, 6.45) is -14.2. The molecule has 1 aromatic rings. The van der Waals surface area contributed by atoms with Gasteiger partial charge in [-0.3, -0.25) is 5.01 Å². The third-order valence-corrected chi connectivity index (χ3v) is 5.10. The first-order chi connectivity index (χ1) is 17.7. The van der Waals surface area contributed by atoms with Crippen LogP contribution in [0.25, 0.3) is 0 Å². The van der Waals surface area contributed by atoms with Crippen LogP contribution in [0.4, 0.5) is 67.2 Å². The van der Waals surface area contributed by atoms with Crippen LogP contribution < -0.4 is 0 Å². The number of esters is 1. The molecule has 0 heterocycles. The molecule has 0 amide bonds. The van der Waals surface area contributed by atoms with Crippen LogP contribution in [0.3, 0.4) is 0 Å². The molecule has 0 fully saturated rings. The maximum Gasteiger partial charge on any atom is 0.460 e. The molecule has 0 saturated carbocycles. The minimum atomic E-state index is -7.15. The van der Waals surface area contributed by atoms with E-state index >= 15 is 0 Å². The molecule has 40 heavy (non-hydrogen) atoms. The van der Waals surface area contributed by atoms with Crippen molar-refractivity contribution in [1.82, 2.24) is 5.01 Å². The Morgan fingerprint density at radius 1 is 0.750 bits per heavy atom. The van der Waals surface area contributed by atoms with Crippen molar-refractivity contribution in [2.24, 2.45) is 10.3 Å². The van der Waals surface area contributed by atoms with E-state index in [0.29, 0.717) is 0 Å². The van der Waals surface area contributed by atoms with E-state index in [-0.39, 0.29) is 0 Å². The first-order valence-electron chi connectivity index (χ1n) is 10.9. The van der Waals surface area contributed by atoms with Crippen molar-refractivity contribution < 1.29 is 71.0 Å². The lowest BCUT2D eigenvalue weighted by atomic mass is 9.90. The second-order valence-electron chi connectivity index (χ2n) is 8.69. The van der Waals surface area contributed by atoms with Gasteiger partial charge in [0.15, 0.2) is 0 Å². The summed E-state index contributed by atoms with van der Waals surface area (Å²) in [6.45, 7) is 5.56. The van der Waals surface area contributed by atoms with Gasteiger partial charge in [0.2, 0.25) is 0 Å². The van der Waals surface area contributed by atoms with Crippen LogP contribution in [-0.2, 0) is 16.6 Å². The van der Waals surface area contributed by atoms with E-state index in [1.165, 1.54) is 27.7 Å². The molecule has 5 nitrogen and oxygen atoms in total. The highest BCUT2D eigenvalue weighted by molar-refractivity contribution is 5.91. The molecule has 0 N–H and O–H groups in total. The van der Waals surface area contributed by atoms with Gasteiger partial charge in [-0.05, 0) is 46.8 Å². The smallest absolute Gasteiger partial charge is 0.460 e. The SMILES string of the molecule is CCOC(=O)c1cc(C(F)(F)C(F)(F)C(F)(F)F)c(N=NN(C(C)C)C(C)C)c(C(F)(F)C(F)(F)C(F)(F)F)c1. The third-order valence-electron chi connectivity index (χ3n) is 5.10. The number of carbonyl (C=O) groups excluding carboxylic acids is 1. The fraction of sp³-hybridized carbons (Fsp3) is 0.667. The van der Waals surface area contributed by atoms with Gasteiger partial charge >= 0.3 is 42.0 Å². The summed E-state index contributed by atoms with van der Waals surface area (Å²) in [5, 5.41) is 6.66. The van der Waals surface area contributed by atoms with Crippen molar-refractivity contribution in [3.8, 4) is 0 Å². The lowest BCUT2D eigenvalue weighted by Gasteiger charge is -2.33. The number of rotatable bonds is 10. The molecule has 230 valence electrons. The average Bonchev–Trinajstić information content (AvgIpc) is 2.76. The third kappa shape index (κ3) is 6.21. The summed E-state index contributed by atoms with van der Waals surface area (Å²) in [5.74, 6) is -29.7. The number of alkyl halides is 14. The number of hydrogen-bond acceptors (Lipinski definition) is 4. The van der Waals surface area contributed by atoms with E-state index in [4.69, 9.17) is 0 Å². The van der Waals surface area contributed by atoms with Crippen molar-refractivity contribution in [3.05, 3.63) is 28.8 Å². The number of hydrogen-bond donors (Lipinski definition) is 0. The van der Waals surface area contributed by atoms with Crippen LogP contribution in [0.1, 0.15) is 56.1 Å². The highest BCUT2D eigenvalue weighted by Crippen LogP contribution is 2.58. The quantitative estimate of drug-likeness (QED) is 0.115. The maximum absolute atomic E-state index is 14.9. The molecule has 0 atom stereocenters. The summed E-state index contributed by atoms with van der Waals surface area (Å²) >= 11 is 0. The summed E-state index contributed by atoms with van der Waals surface area (Å²) in [6, 6.07) is -2.79. The minimum absolute atomic E-state index is 0.563. The van der Waals surface area contributed by atoms with Gasteiger partial charge in [0.25, 0.3) is 0 Å². The van der Waals surface area contributed by atoms with Gasteiger partial charge in [-0.25, -0.2) is 4.79 Å². The molecule has 0 saturated heterocycles. The van der Waals surface area contributed by atoms with E-state index < -0.39 is 95.2 Å². The molecule has 1 rings (SSSR count). The fourth-order valence-electron chi connectivity index (χ4n) is 3.15. The second-order valence-corrected chi connectivity index (χ2v) is 8.69. The van der Waals surface area contributed by atoms with E-state index in [1.807, 2.05) is 0 Å². The summed E-state index contributed by atoms with van der Waals surface area (Å²) in [7, 11) is 0. The monoisotopic (exact) mass is 613 g/mol. The van der Waals surface area contributed by atoms with Gasteiger partial charge in [0.1, 0.15) is 5.69 Å². The zero-order valence-electron chi connectivity index (χ0n) is 21.0. The Morgan fingerprint density at radius 3 is 1.38 bits per heavy atom. The summed E-state index contributed by atoms with van der Waals surface area (Å²) < 4.78 is 197. The van der Waals surface area contributed by atoms with Crippen LogP contribution in [0.2, 0.25) is 0 Å².